The van der Waals surface area contributed by atoms with Gasteiger partial charge in [-0.15, -0.1) is 0 Å². The third-order valence-electron chi connectivity index (χ3n) is 4.67. The molecule has 1 aliphatic heterocycles. The molecule has 0 spiro atoms. The molecule has 1 heterocycles. The Morgan fingerprint density at radius 1 is 1.14 bits per heavy atom. The largest absolute Gasteiger partial charge is 0.495 e. The molecule has 3 rings (SSSR count). The number of aryl methyl sites for hydroxylation is 1. The van der Waals surface area contributed by atoms with Crippen LogP contribution >= 0.6 is 0 Å². The molecular weight excluding hydrogens is 384 g/mol. The van der Waals surface area contributed by atoms with Crippen LogP contribution in [0, 0.1) is 24.5 Å². The Hall–Kier alpha value is -3.29. The van der Waals surface area contributed by atoms with E-state index >= 15 is 0 Å². The number of nitrogens with zero attached hydrogens (tertiary/aromatic N) is 1. The van der Waals surface area contributed by atoms with Crippen LogP contribution in [0.1, 0.15) is 22.3 Å². The van der Waals surface area contributed by atoms with Crippen molar-refractivity contribution in [1.82, 2.24) is 0 Å². The molecule has 0 aliphatic carbocycles. The molecule has 1 atom stereocenters. The van der Waals surface area contributed by atoms with Crippen LogP contribution in [-0.2, 0) is 14.3 Å². The Morgan fingerprint density at radius 3 is 2.59 bits per heavy atom. The summed E-state index contributed by atoms with van der Waals surface area (Å²) in [5.41, 5.74) is 1.38. The zero-order valence-electron chi connectivity index (χ0n) is 15.9. The highest BCUT2D eigenvalue weighted by atomic mass is 19.2. The van der Waals surface area contributed by atoms with Gasteiger partial charge in [0, 0.05) is 18.5 Å². The zero-order valence-corrected chi connectivity index (χ0v) is 15.9. The van der Waals surface area contributed by atoms with Crippen molar-refractivity contribution in [3.63, 3.8) is 0 Å². The molecule has 6 nitrogen and oxygen atoms in total. The minimum atomic E-state index is -1.16. The number of anilines is 1. The van der Waals surface area contributed by atoms with Crippen molar-refractivity contribution in [2.45, 2.75) is 13.3 Å². The molecule has 29 heavy (non-hydrogen) atoms. The number of hydrogen-bond acceptors (Lipinski definition) is 5. The third kappa shape index (κ3) is 4.42. The third-order valence-corrected chi connectivity index (χ3v) is 4.67. The summed E-state index contributed by atoms with van der Waals surface area (Å²) in [5, 5.41) is 0. The lowest BCUT2D eigenvalue weighted by molar-refractivity contribution is -0.147. The van der Waals surface area contributed by atoms with Crippen LogP contribution in [0.4, 0.5) is 14.5 Å². The van der Waals surface area contributed by atoms with E-state index in [0.29, 0.717) is 11.4 Å². The number of halogens is 2. The molecule has 2 aromatic rings. The molecule has 8 heteroatoms. The van der Waals surface area contributed by atoms with Crippen LogP contribution in [0.5, 0.6) is 5.75 Å². The van der Waals surface area contributed by atoms with Gasteiger partial charge in [0.05, 0.1) is 18.7 Å². The summed E-state index contributed by atoms with van der Waals surface area (Å²) < 4.78 is 36.5. The Bertz CT molecular complexity index is 976. The van der Waals surface area contributed by atoms with Crippen LogP contribution < -0.4 is 9.64 Å². The summed E-state index contributed by atoms with van der Waals surface area (Å²) in [7, 11) is 1.49. The number of Topliss-reactive ketones (excluding diaryl/α,β-unsaturated/α-hetero) is 1. The first-order chi connectivity index (χ1) is 13.8. The Labute approximate surface area is 166 Å². The summed E-state index contributed by atoms with van der Waals surface area (Å²) in [4.78, 5) is 38.2. The summed E-state index contributed by atoms with van der Waals surface area (Å²) in [6.45, 7) is 1.35. The van der Waals surface area contributed by atoms with E-state index in [1.165, 1.54) is 12.0 Å². The van der Waals surface area contributed by atoms with Crippen molar-refractivity contribution in [1.29, 1.82) is 0 Å². The van der Waals surface area contributed by atoms with Crippen molar-refractivity contribution in [2.75, 3.05) is 25.2 Å². The summed E-state index contributed by atoms with van der Waals surface area (Å²) in [5.74, 6) is -4.11. The number of esters is 1. The quantitative estimate of drug-likeness (QED) is 0.548. The maximum atomic E-state index is 13.2. The van der Waals surface area contributed by atoms with Gasteiger partial charge in [0.1, 0.15) is 5.75 Å². The maximum Gasteiger partial charge on any atom is 0.311 e. The normalized spacial score (nSPS) is 16.1. The minimum Gasteiger partial charge on any atom is -0.495 e. The van der Waals surface area contributed by atoms with E-state index in [4.69, 9.17) is 9.47 Å². The molecule has 0 radical (unpaired) electrons. The van der Waals surface area contributed by atoms with Gasteiger partial charge in [-0.25, -0.2) is 8.78 Å². The lowest BCUT2D eigenvalue weighted by atomic mass is 10.1. The number of ether oxygens (including phenoxy) is 2. The number of carbonyl (C=O) groups is 3. The fourth-order valence-corrected chi connectivity index (χ4v) is 3.12. The molecule has 0 N–H and O–H groups in total. The maximum absolute atomic E-state index is 13.2. The summed E-state index contributed by atoms with van der Waals surface area (Å²) in [6, 6.07) is 8.06. The molecule has 1 aliphatic rings. The second-order valence-electron chi connectivity index (χ2n) is 6.74. The van der Waals surface area contributed by atoms with Gasteiger partial charge in [-0.05, 0) is 42.8 Å². The second kappa shape index (κ2) is 8.38. The molecule has 1 fully saturated rings. The van der Waals surface area contributed by atoms with Gasteiger partial charge in [-0.2, -0.15) is 0 Å². The van der Waals surface area contributed by atoms with E-state index in [9.17, 15) is 23.2 Å². The molecular formula is C21H19F2NO5. The highest BCUT2D eigenvalue weighted by molar-refractivity contribution is 6.01. The predicted octanol–water partition coefficient (Wildman–Crippen LogP) is 3.06. The van der Waals surface area contributed by atoms with Gasteiger partial charge in [0.2, 0.25) is 5.91 Å². The van der Waals surface area contributed by atoms with Crippen molar-refractivity contribution in [3.8, 4) is 5.75 Å². The summed E-state index contributed by atoms with van der Waals surface area (Å²) in [6.07, 6.45) is -0.0602. The van der Waals surface area contributed by atoms with E-state index in [1.54, 1.807) is 12.1 Å². The molecule has 0 unspecified atom stereocenters. The lowest BCUT2D eigenvalue weighted by Gasteiger charge is -2.20. The molecule has 0 aromatic heterocycles. The lowest BCUT2D eigenvalue weighted by Crippen LogP contribution is -2.27. The van der Waals surface area contributed by atoms with Gasteiger partial charge in [-0.3, -0.25) is 14.4 Å². The van der Waals surface area contributed by atoms with Crippen LogP contribution in [0.15, 0.2) is 36.4 Å². The van der Waals surface area contributed by atoms with Crippen LogP contribution in [0.25, 0.3) is 0 Å². The Kier molecular flexibility index (Phi) is 5.91. The molecule has 1 amide bonds. The van der Waals surface area contributed by atoms with Crippen molar-refractivity contribution in [2.24, 2.45) is 5.92 Å². The average molecular weight is 403 g/mol. The number of ketones is 1. The van der Waals surface area contributed by atoms with Crippen molar-refractivity contribution >= 4 is 23.3 Å². The first-order valence-electron chi connectivity index (χ1n) is 8.90. The van der Waals surface area contributed by atoms with E-state index in [-0.39, 0.29) is 24.4 Å². The zero-order chi connectivity index (χ0) is 21.1. The van der Waals surface area contributed by atoms with Gasteiger partial charge in [-0.1, -0.05) is 6.07 Å². The Morgan fingerprint density at radius 2 is 1.90 bits per heavy atom. The average Bonchev–Trinajstić information content (AvgIpc) is 3.09. The smallest absolute Gasteiger partial charge is 0.311 e. The topological polar surface area (TPSA) is 72.9 Å². The monoisotopic (exact) mass is 403 g/mol. The minimum absolute atomic E-state index is 0.0602. The highest BCUT2D eigenvalue weighted by Gasteiger charge is 2.37. The number of amides is 1. The molecule has 0 saturated carbocycles. The molecule has 152 valence electrons. The Balaban J connectivity index is 1.64. The first-order valence-corrected chi connectivity index (χ1v) is 8.90. The first kappa shape index (κ1) is 20.4. The van der Waals surface area contributed by atoms with E-state index in [1.807, 2.05) is 13.0 Å². The van der Waals surface area contributed by atoms with E-state index < -0.39 is 35.9 Å². The molecule has 1 saturated heterocycles. The predicted molar refractivity (Wildman–Crippen MR) is 99.8 cm³/mol. The fraction of sp³-hybridized carbons (Fsp3) is 0.286. The fourth-order valence-electron chi connectivity index (χ4n) is 3.12. The number of benzene rings is 2. The van der Waals surface area contributed by atoms with Gasteiger partial charge in [0.25, 0.3) is 0 Å². The van der Waals surface area contributed by atoms with Crippen molar-refractivity contribution in [3.05, 3.63) is 59.2 Å². The molecule has 0 bridgehead atoms. The van der Waals surface area contributed by atoms with Gasteiger partial charge >= 0.3 is 5.97 Å². The van der Waals surface area contributed by atoms with Crippen LogP contribution in [0.3, 0.4) is 0 Å². The highest BCUT2D eigenvalue weighted by Crippen LogP contribution is 2.34. The van der Waals surface area contributed by atoms with E-state index in [2.05, 4.69) is 0 Å². The number of rotatable bonds is 6. The second-order valence-corrected chi connectivity index (χ2v) is 6.74. The SMILES string of the molecule is COc1ccc(C)cc1N1C[C@H](C(=O)OCC(=O)c2ccc(F)c(F)c2)CC1=O. The molecule has 2 aromatic carbocycles. The van der Waals surface area contributed by atoms with Gasteiger partial charge in [0.15, 0.2) is 24.0 Å². The summed E-state index contributed by atoms with van der Waals surface area (Å²) >= 11 is 0. The van der Waals surface area contributed by atoms with Crippen LogP contribution in [-0.4, -0.2) is 37.9 Å². The van der Waals surface area contributed by atoms with Crippen molar-refractivity contribution < 1.29 is 32.6 Å². The van der Waals surface area contributed by atoms with Gasteiger partial charge < -0.3 is 14.4 Å². The van der Waals surface area contributed by atoms with Crippen LogP contribution in [0.2, 0.25) is 0 Å². The number of carbonyl (C=O) groups excluding carboxylic acids is 3. The number of hydrogen-bond donors (Lipinski definition) is 0. The standard InChI is InChI=1S/C21H19F2NO5/c1-12-3-6-19(28-2)17(7-12)24-10-14(9-20(24)26)21(27)29-11-18(25)13-4-5-15(22)16(23)8-13/h3-8,14H,9-11H2,1-2H3/t14-/m1/s1. The van der Waals surface area contributed by atoms with E-state index in [0.717, 1.165) is 23.8 Å². The number of methoxy groups -OCH3 is 1.